The molecule has 2 aromatic rings. The molecular formula is C13H17N3O2S. The molecule has 0 saturated heterocycles. The lowest BCUT2D eigenvalue weighted by molar-refractivity contribution is 0.0923. The largest absolute Gasteiger partial charge is 0.459 e. The minimum Gasteiger partial charge on any atom is -0.459 e. The number of thiophene rings is 1. The van der Waals surface area contributed by atoms with Gasteiger partial charge < -0.3 is 4.42 Å². The Bertz CT molecular complexity index is 536. The lowest BCUT2D eigenvalue weighted by Gasteiger charge is -2.23. The second-order valence-electron chi connectivity index (χ2n) is 4.35. The summed E-state index contributed by atoms with van der Waals surface area (Å²) in [5.41, 5.74) is 2.92. The van der Waals surface area contributed by atoms with E-state index in [9.17, 15) is 4.79 Å². The molecule has 0 spiro atoms. The lowest BCUT2D eigenvalue weighted by atomic mass is 10.2. The molecule has 0 aliphatic rings. The van der Waals surface area contributed by atoms with Gasteiger partial charge in [0, 0.05) is 23.0 Å². The van der Waals surface area contributed by atoms with Gasteiger partial charge in [0.05, 0.1) is 6.26 Å². The molecule has 0 aromatic carbocycles. The van der Waals surface area contributed by atoms with Crippen LogP contribution < -0.4 is 11.3 Å². The zero-order chi connectivity index (χ0) is 13.8. The van der Waals surface area contributed by atoms with Crippen molar-refractivity contribution in [3.05, 3.63) is 46.0 Å². The zero-order valence-corrected chi connectivity index (χ0v) is 11.7. The SMILES string of the molecule is CC(c1cccs1)N(C)Cc1ccoc1C(=O)NN. The van der Waals surface area contributed by atoms with Gasteiger partial charge in [0.2, 0.25) is 0 Å². The first-order valence-corrected chi connectivity index (χ1v) is 6.82. The highest BCUT2D eigenvalue weighted by molar-refractivity contribution is 7.10. The summed E-state index contributed by atoms with van der Waals surface area (Å²) in [6, 6.07) is 6.22. The molecule has 1 amide bonds. The van der Waals surface area contributed by atoms with E-state index >= 15 is 0 Å². The first-order chi connectivity index (χ1) is 9.13. The molecule has 1 unspecified atom stereocenters. The minimum absolute atomic E-state index is 0.271. The van der Waals surface area contributed by atoms with Crippen LogP contribution >= 0.6 is 11.3 Å². The van der Waals surface area contributed by atoms with Crippen molar-refractivity contribution in [3.8, 4) is 0 Å². The molecule has 0 aliphatic heterocycles. The summed E-state index contributed by atoms with van der Waals surface area (Å²) in [5.74, 6) is 4.99. The molecule has 2 rings (SSSR count). The van der Waals surface area contributed by atoms with Crippen LogP contribution in [0.5, 0.6) is 0 Å². The molecule has 0 aliphatic carbocycles. The van der Waals surface area contributed by atoms with Gasteiger partial charge in [-0.1, -0.05) is 6.07 Å². The normalized spacial score (nSPS) is 12.6. The minimum atomic E-state index is -0.405. The second-order valence-corrected chi connectivity index (χ2v) is 5.33. The fraction of sp³-hybridized carbons (Fsp3) is 0.308. The molecule has 19 heavy (non-hydrogen) atoms. The Labute approximate surface area is 116 Å². The Morgan fingerprint density at radius 2 is 2.37 bits per heavy atom. The third kappa shape index (κ3) is 3.04. The highest BCUT2D eigenvalue weighted by Gasteiger charge is 2.18. The van der Waals surface area contributed by atoms with Crippen LogP contribution in [0.3, 0.4) is 0 Å². The van der Waals surface area contributed by atoms with Crippen molar-refractivity contribution in [1.82, 2.24) is 10.3 Å². The molecule has 6 heteroatoms. The van der Waals surface area contributed by atoms with Gasteiger partial charge in [-0.2, -0.15) is 0 Å². The van der Waals surface area contributed by atoms with E-state index < -0.39 is 5.91 Å². The van der Waals surface area contributed by atoms with E-state index in [4.69, 9.17) is 10.3 Å². The summed E-state index contributed by atoms with van der Waals surface area (Å²) in [5, 5.41) is 2.06. The van der Waals surface area contributed by atoms with Crippen molar-refractivity contribution < 1.29 is 9.21 Å². The quantitative estimate of drug-likeness (QED) is 0.500. The fourth-order valence-electron chi connectivity index (χ4n) is 1.88. The molecule has 2 aromatic heterocycles. The summed E-state index contributed by atoms with van der Waals surface area (Å²) in [6.45, 7) is 2.76. The van der Waals surface area contributed by atoms with Crippen LogP contribution in [0.15, 0.2) is 34.3 Å². The third-order valence-corrected chi connectivity index (χ3v) is 4.16. The number of amides is 1. The molecule has 2 heterocycles. The number of carbonyl (C=O) groups is 1. The van der Waals surface area contributed by atoms with E-state index in [0.29, 0.717) is 6.54 Å². The summed E-state index contributed by atoms with van der Waals surface area (Å²) in [6.07, 6.45) is 1.50. The van der Waals surface area contributed by atoms with Crippen LogP contribution in [0.4, 0.5) is 0 Å². The highest BCUT2D eigenvalue weighted by Crippen LogP contribution is 2.25. The van der Waals surface area contributed by atoms with E-state index in [1.165, 1.54) is 11.1 Å². The topological polar surface area (TPSA) is 71.5 Å². The summed E-state index contributed by atoms with van der Waals surface area (Å²) in [4.78, 5) is 15.0. The lowest BCUT2D eigenvalue weighted by Crippen LogP contribution is -2.31. The molecule has 0 fully saturated rings. The van der Waals surface area contributed by atoms with E-state index in [1.54, 1.807) is 17.4 Å². The van der Waals surface area contributed by atoms with Crippen LogP contribution in [0.2, 0.25) is 0 Å². The number of nitrogens with zero attached hydrogens (tertiary/aromatic N) is 1. The van der Waals surface area contributed by atoms with E-state index in [2.05, 4.69) is 28.7 Å². The average Bonchev–Trinajstić information content (AvgIpc) is 3.07. The number of rotatable bonds is 5. The van der Waals surface area contributed by atoms with Gasteiger partial charge in [-0.15, -0.1) is 11.3 Å². The van der Waals surface area contributed by atoms with Gasteiger partial charge in [0.1, 0.15) is 0 Å². The van der Waals surface area contributed by atoms with Crippen LogP contribution in [0.25, 0.3) is 0 Å². The monoisotopic (exact) mass is 279 g/mol. The van der Waals surface area contributed by atoms with Crippen LogP contribution in [0.1, 0.15) is 34.0 Å². The first kappa shape index (κ1) is 13.8. The smallest absolute Gasteiger partial charge is 0.301 e. The average molecular weight is 279 g/mol. The predicted octanol–water partition coefficient (Wildman–Crippen LogP) is 2.14. The van der Waals surface area contributed by atoms with Gasteiger partial charge >= 0.3 is 5.91 Å². The van der Waals surface area contributed by atoms with Crippen LogP contribution in [-0.4, -0.2) is 17.9 Å². The molecule has 1 atom stereocenters. The zero-order valence-electron chi connectivity index (χ0n) is 10.9. The first-order valence-electron chi connectivity index (χ1n) is 5.94. The van der Waals surface area contributed by atoms with Crippen molar-refractivity contribution in [2.45, 2.75) is 19.5 Å². The van der Waals surface area contributed by atoms with Gasteiger partial charge in [0.15, 0.2) is 5.76 Å². The summed E-state index contributed by atoms with van der Waals surface area (Å²) < 4.78 is 5.17. The molecule has 5 nitrogen and oxygen atoms in total. The Kier molecular flexibility index (Phi) is 4.36. The highest BCUT2D eigenvalue weighted by atomic mass is 32.1. The van der Waals surface area contributed by atoms with Gasteiger partial charge in [-0.25, -0.2) is 5.84 Å². The van der Waals surface area contributed by atoms with E-state index in [1.807, 2.05) is 13.1 Å². The number of hydrazine groups is 1. The number of nitrogen functional groups attached to an aromatic ring is 1. The molecule has 102 valence electrons. The van der Waals surface area contributed by atoms with Gasteiger partial charge in [0.25, 0.3) is 0 Å². The van der Waals surface area contributed by atoms with Crippen LogP contribution in [-0.2, 0) is 6.54 Å². The number of nitrogens with two attached hydrogens (primary N) is 1. The van der Waals surface area contributed by atoms with Crippen molar-refractivity contribution >= 4 is 17.2 Å². The summed E-state index contributed by atoms with van der Waals surface area (Å²) >= 11 is 1.72. The maximum atomic E-state index is 11.5. The maximum Gasteiger partial charge on any atom is 0.301 e. The molecule has 0 bridgehead atoms. The third-order valence-electron chi connectivity index (χ3n) is 3.12. The molecule has 0 saturated carbocycles. The fourth-order valence-corrected chi connectivity index (χ4v) is 2.73. The molecular weight excluding hydrogens is 262 g/mol. The van der Waals surface area contributed by atoms with Crippen LogP contribution in [0, 0.1) is 0 Å². The second kappa shape index (κ2) is 6.01. The van der Waals surface area contributed by atoms with Crippen molar-refractivity contribution in [3.63, 3.8) is 0 Å². The number of carbonyl (C=O) groups excluding carboxylic acids is 1. The Morgan fingerprint density at radius 3 is 3.00 bits per heavy atom. The number of hydrogen-bond acceptors (Lipinski definition) is 5. The van der Waals surface area contributed by atoms with Crippen molar-refractivity contribution in [1.29, 1.82) is 0 Å². The summed E-state index contributed by atoms with van der Waals surface area (Å²) in [7, 11) is 2.02. The van der Waals surface area contributed by atoms with Crippen molar-refractivity contribution in [2.75, 3.05) is 7.05 Å². The van der Waals surface area contributed by atoms with Gasteiger partial charge in [-0.3, -0.25) is 15.1 Å². The Morgan fingerprint density at radius 1 is 1.58 bits per heavy atom. The Balaban J connectivity index is 2.09. The molecule has 3 N–H and O–H groups in total. The van der Waals surface area contributed by atoms with E-state index in [-0.39, 0.29) is 11.8 Å². The maximum absolute atomic E-state index is 11.5. The van der Waals surface area contributed by atoms with Crippen molar-refractivity contribution in [2.24, 2.45) is 5.84 Å². The van der Waals surface area contributed by atoms with Gasteiger partial charge in [-0.05, 0) is 31.5 Å². The number of hydrogen-bond donors (Lipinski definition) is 2. The number of nitrogens with one attached hydrogen (secondary N) is 1. The van der Waals surface area contributed by atoms with E-state index in [0.717, 1.165) is 5.56 Å². The molecule has 0 radical (unpaired) electrons. The number of furan rings is 1. The standard InChI is InChI=1S/C13H17N3O2S/c1-9(11-4-3-7-19-11)16(2)8-10-5-6-18-12(10)13(17)15-14/h3-7,9H,8,14H2,1-2H3,(H,15,17). The Hall–Kier alpha value is -1.63. The predicted molar refractivity (Wildman–Crippen MR) is 74.6 cm³/mol.